The maximum Gasteiger partial charge on any atom is 0.388 e. The minimum absolute atomic E-state index is 0.0821. The Balaban J connectivity index is 2.06. The van der Waals surface area contributed by atoms with Crippen molar-refractivity contribution < 1.29 is 27.8 Å². The Labute approximate surface area is 132 Å². The monoisotopic (exact) mass is 341 g/mol. The zero-order chi connectivity index (χ0) is 16.7. The number of hydrogen-bond acceptors (Lipinski definition) is 4. The molecule has 4 nitrogen and oxygen atoms in total. The smallest absolute Gasteiger partial charge is 0.388 e. The Morgan fingerprint density at radius 1 is 1.35 bits per heavy atom. The molecule has 2 aromatic heterocycles. The lowest BCUT2D eigenvalue weighted by molar-refractivity contribution is -0.0472. The molecule has 0 radical (unpaired) electrons. The molecule has 8 heteroatoms. The fourth-order valence-corrected chi connectivity index (χ4v) is 3.08. The van der Waals surface area contributed by atoms with E-state index in [0.717, 1.165) is 17.4 Å². The second kappa shape index (κ2) is 5.62. The summed E-state index contributed by atoms with van der Waals surface area (Å²) in [5.74, 6) is -1.82. The summed E-state index contributed by atoms with van der Waals surface area (Å²) >= 11 is 0.870. The van der Waals surface area contributed by atoms with Crippen molar-refractivity contribution in [2.75, 3.05) is 0 Å². The van der Waals surface area contributed by atoms with E-state index in [0.29, 0.717) is 5.69 Å². The van der Waals surface area contributed by atoms with E-state index in [1.807, 2.05) is 0 Å². The maximum atomic E-state index is 13.9. The molecular weight excluding hydrogens is 331 g/mol. The Hall–Kier alpha value is -2.48. The number of thiophene rings is 1. The van der Waals surface area contributed by atoms with Gasteiger partial charge in [0.15, 0.2) is 16.6 Å². The average Bonchev–Trinajstić information content (AvgIpc) is 3.06. The van der Waals surface area contributed by atoms with Gasteiger partial charge in [-0.1, -0.05) is 0 Å². The number of alkyl halides is 2. The van der Waals surface area contributed by atoms with Gasteiger partial charge in [0.2, 0.25) is 0 Å². The third kappa shape index (κ3) is 2.65. The van der Waals surface area contributed by atoms with Gasteiger partial charge in [-0.3, -0.25) is 9.36 Å². The second-order valence-electron chi connectivity index (χ2n) is 4.79. The Kier molecular flexibility index (Phi) is 3.77. The van der Waals surface area contributed by atoms with Crippen LogP contribution in [-0.2, 0) is 0 Å². The van der Waals surface area contributed by atoms with Gasteiger partial charge in [0.1, 0.15) is 0 Å². The summed E-state index contributed by atoms with van der Waals surface area (Å²) in [6, 6.07) is 5.22. The zero-order valence-electron chi connectivity index (χ0n) is 11.7. The van der Waals surface area contributed by atoms with Crippen molar-refractivity contribution in [3.05, 3.63) is 46.7 Å². The highest BCUT2D eigenvalue weighted by Gasteiger charge is 2.20. The number of fused-ring (bicyclic) bond motifs is 1. The number of carbonyl (C=O) groups is 1. The van der Waals surface area contributed by atoms with Crippen molar-refractivity contribution >= 4 is 28.1 Å². The predicted molar refractivity (Wildman–Crippen MR) is 79.0 cm³/mol. The maximum absolute atomic E-state index is 13.9. The molecule has 0 aliphatic carbocycles. The predicted octanol–water partition coefficient (Wildman–Crippen LogP) is 4.15. The quantitative estimate of drug-likeness (QED) is 0.779. The van der Waals surface area contributed by atoms with E-state index < -0.39 is 24.1 Å². The van der Waals surface area contributed by atoms with Crippen LogP contribution < -0.4 is 4.74 Å². The van der Waals surface area contributed by atoms with Crippen LogP contribution in [-0.4, -0.2) is 22.2 Å². The minimum atomic E-state index is -2.97. The lowest BCUT2D eigenvalue weighted by atomic mass is 10.2. The van der Waals surface area contributed by atoms with E-state index in [1.165, 1.54) is 28.1 Å². The van der Waals surface area contributed by atoms with Crippen LogP contribution in [0.5, 0.6) is 10.8 Å². The average molecular weight is 341 g/mol. The minimum Gasteiger partial charge on any atom is -0.505 e. The third-order valence-corrected chi connectivity index (χ3v) is 4.13. The Morgan fingerprint density at radius 3 is 2.78 bits per heavy atom. The standard InChI is InChI=1S/C15H10F3NO3S/c1-7-4-9-10(2-3-11(20)13(9)16)19(7)14(21)8-5-12(23-6-8)22-15(17)18/h2-6,15,20H,1H3. The summed E-state index contributed by atoms with van der Waals surface area (Å²) in [5, 5.41) is 10.8. The first-order chi connectivity index (χ1) is 10.9. The highest BCUT2D eigenvalue weighted by atomic mass is 32.1. The van der Waals surface area contributed by atoms with Gasteiger partial charge in [-0.15, -0.1) is 11.3 Å². The van der Waals surface area contributed by atoms with Gasteiger partial charge < -0.3 is 9.84 Å². The van der Waals surface area contributed by atoms with E-state index in [1.54, 1.807) is 6.92 Å². The third-order valence-electron chi connectivity index (χ3n) is 3.31. The SMILES string of the molecule is Cc1cc2c(F)c(O)ccc2n1C(=O)c1csc(OC(F)F)c1. The summed E-state index contributed by atoms with van der Waals surface area (Å²) in [7, 11) is 0. The number of benzene rings is 1. The molecule has 0 fully saturated rings. The normalized spacial score (nSPS) is 11.3. The van der Waals surface area contributed by atoms with Crippen LogP contribution in [0, 0.1) is 12.7 Å². The number of rotatable bonds is 3. The first-order valence-electron chi connectivity index (χ1n) is 6.46. The molecule has 0 aliphatic heterocycles. The van der Waals surface area contributed by atoms with Gasteiger partial charge >= 0.3 is 6.61 Å². The fourth-order valence-electron chi connectivity index (χ4n) is 2.34. The molecule has 0 atom stereocenters. The largest absolute Gasteiger partial charge is 0.505 e. The summed E-state index contributed by atoms with van der Waals surface area (Å²) < 4.78 is 43.8. The van der Waals surface area contributed by atoms with Gasteiger partial charge in [0.25, 0.3) is 5.91 Å². The first kappa shape index (κ1) is 15.4. The van der Waals surface area contributed by atoms with E-state index in [9.17, 15) is 23.1 Å². The molecule has 1 aromatic carbocycles. The topological polar surface area (TPSA) is 51.5 Å². The summed E-state index contributed by atoms with van der Waals surface area (Å²) in [6.45, 7) is -1.36. The number of ether oxygens (including phenoxy) is 1. The molecule has 0 amide bonds. The molecule has 3 rings (SSSR count). The molecule has 0 saturated heterocycles. The Bertz CT molecular complexity index is 901. The molecule has 0 bridgehead atoms. The number of aromatic nitrogens is 1. The van der Waals surface area contributed by atoms with Crippen molar-refractivity contribution in [2.45, 2.75) is 13.5 Å². The van der Waals surface area contributed by atoms with Crippen LogP contribution in [0.15, 0.2) is 29.6 Å². The van der Waals surface area contributed by atoms with Crippen molar-refractivity contribution in [3.63, 3.8) is 0 Å². The molecule has 0 saturated carbocycles. The number of hydrogen-bond donors (Lipinski definition) is 1. The molecule has 0 unspecified atom stereocenters. The van der Waals surface area contributed by atoms with Crippen molar-refractivity contribution in [3.8, 4) is 10.8 Å². The highest BCUT2D eigenvalue weighted by Crippen LogP contribution is 2.30. The highest BCUT2D eigenvalue weighted by molar-refractivity contribution is 7.12. The van der Waals surface area contributed by atoms with Gasteiger partial charge in [0.05, 0.1) is 11.1 Å². The van der Waals surface area contributed by atoms with Gasteiger partial charge in [-0.2, -0.15) is 8.78 Å². The van der Waals surface area contributed by atoms with Crippen LogP contribution in [0.1, 0.15) is 16.1 Å². The molecule has 120 valence electrons. The number of carbonyl (C=O) groups excluding carboxylic acids is 1. The molecule has 1 N–H and O–H groups in total. The van der Waals surface area contributed by atoms with E-state index in [2.05, 4.69) is 4.74 Å². The van der Waals surface area contributed by atoms with Crippen LogP contribution in [0.25, 0.3) is 10.9 Å². The lowest BCUT2D eigenvalue weighted by Gasteiger charge is -2.06. The van der Waals surface area contributed by atoms with Crippen molar-refractivity contribution in [2.24, 2.45) is 0 Å². The van der Waals surface area contributed by atoms with E-state index in [-0.39, 0.29) is 21.5 Å². The number of aromatic hydroxyl groups is 1. The molecule has 0 spiro atoms. The van der Waals surface area contributed by atoms with Gasteiger partial charge in [0, 0.05) is 22.5 Å². The summed E-state index contributed by atoms with van der Waals surface area (Å²) in [4.78, 5) is 12.6. The number of halogens is 3. The number of aryl methyl sites for hydroxylation is 1. The number of phenolic OH excluding ortho intramolecular Hbond substituents is 1. The Morgan fingerprint density at radius 2 is 2.09 bits per heavy atom. The van der Waals surface area contributed by atoms with Gasteiger partial charge in [-0.05, 0) is 25.1 Å². The molecule has 3 aromatic rings. The summed E-state index contributed by atoms with van der Waals surface area (Å²) in [5.41, 5.74) is 0.891. The van der Waals surface area contributed by atoms with Crippen LogP contribution in [0.4, 0.5) is 13.2 Å². The van der Waals surface area contributed by atoms with E-state index >= 15 is 0 Å². The van der Waals surface area contributed by atoms with Crippen LogP contribution in [0.2, 0.25) is 0 Å². The second-order valence-corrected chi connectivity index (χ2v) is 5.66. The lowest BCUT2D eigenvalue weighted by Crippen LogP contribution is -2.12. The van der Waals surface area contributed by atoms with E-state index in [4.69, 9.17) is 0 Å². The van der Waals surface area contributed by atoms with Crippen molar-refractivity contribution in [1.82, 2.24) is 4.57 Å². The molecule has 23 heavy (non-hydrogen) atoms. The number of nitrogens with zero attached hydrogens (tertiary/aromatic N) is 1. The molecule has 0 aliphatic rings. The summed E-state index contributed by atoms with van der Waals surface area (Å²) in [6.07, 6.45) is 0. The zero-order valence-corrected chi connectivity index (χ0v) is 12.5. The first-order valence-corrected chi connectivity index (χ1v) is 7.34. The van der Waals surface area contributed by atoms with Crippen LogP contribution >= 0.6 is 11.3 Å². The molecular formula is C15H10F3NO3S. The number of phenols is 1. The van der Waals surface area contributed by atoms with Crippen molar-refractivity contribution in [1.29, 1.82) is 0 Å². The van der Waals surface area contributed by atoms with Crippen LogP contribution in [0.3, 0.4) is 0 Å². The van der Waals surface area contributed by atoms with Gasteiger partial charge in [-0.25, -0.2) is 4.39 Å². The fraction of sp³-hybridized carbons (Fsp3) is 0.133. The molecule has 2 heterocycles.